The van der Waals surface area contributed by atoms with Gasteiger partial charge in [0.2, 0.25) is 0 Å². The first-order chi connectivity index (χ1) is 4.34. The van der Waals surface area contributed by atoms with Crippen LogP contribution in [0, 0.1) is 0 Å². The molecular formula is C6H8INS. The van der Waals surface area contributed by atoms with Crippen LogP contribution in [0.3, 0.4) is 0 Å². The Kier molecular flexibility index (Phi) is 3.09. The van der Waals surface area contributed by atoms with Gasteiger partial charge in [-0.1, -0.05) is 29.0 Å². The van der Waals surface area contributed by atoms with E-state index in [0.717, 1.165) is 0 Å². The van der Waals surface area contributed by atoms with Gasteiger partial charge in [0.25, 0.3) is 0 Å². The van der Waals surface area contributed by atoms with Crippen LogP contribution in [-0.2, 0) is 0 Å². The summed E-state index contributed by atoms with van der Waals surface area (Å²) in [6.45, 7) is 0. The number of alkyl halides is 1. The maximum Gasteiger partial charge on any atom is 0.0720 e. The zero-order valence-corrected chi connectivity index (χ0v) is 7.98. The van der Waals surface area contributed by atoms with Gasteiger partial charge < -0.3 is 0 Å². The lowest BCUT2D eigenvalue weighted by Crippen LogP contribution is -2.08. The molecule has 0 bridgehead atoms. The van der Waals surface area contributed by atoms with Crippen LogP contribution in [0.5, 0.6) is 0 Å². The lowest BCUT2D eigenvalue weighted by molar-refractivity contribution is 0.737. The Morgan fingerprint density at radius 1 is 1.56 bits per heavy atom. The van der Waals surface area contributed by atoms with E-state index in [1.54, 1.807) is 0 Å². The molecule has 3 heteroatoms. The molecule has 0 radical (unpaired) electrons. The topological polar surface area (TPSA) is 12.4 Å². The van der Waals surface area contributed by atoms with Crippen molar-refractivity contribution in [2.24, 2.45) is 4.99 Å². The summed E-state index contributed by atoms with van der Waals surface area (Å²) in [5, 5.41) is 2.44. The van der Waals surface area contributed by atoms with Gasteiger partial charge in [-0.2, -0.15) is 0 Å². The number of hydrogen-bond acceptors (Lipinski definition) is 2. The molecular weight excluding hydrogens is 245 g/mol. The van der Waals surface area contributed by atoms with Crippen LogP contribution >= 0.6 is 34.8 Å². The molecule has 1 rings (SSSR count). The minimum atomic E-state index is 0.475. The van der Waals surface area contributed by atoms with E-state index in [-0.39, 0.29) is 0 Å². The van der Waals surface area contributed by atoms with Crippen molar-refractivity contribution in [2.75, 3.05) is 0 Å². The van der Waals surface area contributed by atoms with Gasteiger partial charge in [0, 0.05) is 3.92 Å². The highest BCUT2D eigenvalue weighted by molar-refractivity contribution is 14.1. The van der Waals surface area contributed by atoms with E-state index in [2.05, 4.69) is 45.0 Å². The summed E-state index contributed by atoms with van der Waals surface area (Å²) >= 11 is 6.96. The van der Waals surface area contributed by atoms with E-state index in [9.17, 15) is 0 Å². The van der Waals surface area contributed by atoms with Gasteiger partial charge in [0.1, 0.15) is 0 Å². The highest BCUT2D eigenvalue weighted by Gasteiger charge is 2.23. The van der Waals surface area contributed by atoms with E-state index in [1.165, 1.54) is 19.3 Å². The zero-order valence-electron chi connectivity index (χ0n) is 5.01. The summed E-state index contributed by atoms with van der Waals surface area (Å²) in [6.07, 6.45) is 3.81. The molecule has 0 saturated heterocycles. The van der Waals surface area contributed by atoms with Crippen LogP contribution in [0.4, 0.5) is 0 Å². The summed E-state index contributed by atoms with van der Waals surface area (Å²) < 4.78 is 0.707. The fourth-order valence-corrected chi connectivity index (χ4v) is 2.20. The zero-order chi connectivity index (χ0) is 6.69. The normalized spacial score (nSPS) is 33.9. The van der Waals surface area contributed by atoms with Crippen molar-refractivity contribution in [3.63, 3.8) is 0 Å². The SMILES string of the molecule is S=C=N[C@@H]1CCC[C@H]1I. The van der Waals surface area contributed by atoms with Crippen LogP contribution in [0.15, 0.2) is 4.99 Å². The summed E-state index contributed by atoms with van der Waals surface area (Å²) in [4.78, 5) is 4.06. The van der Waals surface area contributed by atoms with Crippen LogP contribution in [0.25, 0.3) is 0 Å². The smallest absolute Gasteiger partial charge is 0.0720 e. The van der Waals surface area contributed by atoms with Gasteiger partial charge in [-0.15, -0.1) is 0 Å². The van der Waals surface area contributed by atoms with Gasteiger partial charge in [-0.3, -0.25) is 0 Å². The molecule has 50 valence electrons. The molecule has 0 aromatic rings. The first-order valence-corrected chi connectivity index (χ1v) is 4.71. The predicted molar refractivity (Wildman–Crippen MR) is 50.5 cm³/mol. The molecule has 1 saturated carbocycles. The Bertz CT molecular complexity index is 142. The molecule has 0 aromatic carbocycles. The Hall–Kier alpha value is 0.530. The van der Waals surface area contributed by atoms with Crippen molar-refractivity contribution in [1.29, 1.82) is 0 Å². The molecule has 0 spiro atoms. The first-order valence-electron chi connectivity index (χ1n) is 3.05. The molecule has 1 nitrogen and oxygen atoms in total. The van der Waals surface area contributed by atoms with Gasteiger partial charge >= 0.3 is 0 Å². The summed E-state index contributed by atoms with van der Waals surface area (Å²) in [7, 11) is 0. The highest BCUT2D eigenvalue weighted by atomic mass is 127. The van der Waals surface area contributed by atoms with Gasteiger partial charge in [-0.05, 0) is 25.1 Å². The molecule has 0 unspecified atom stereocenters. The van der Waals surface area contributed by atoms with E-state index < -0.39 is 0 Å². The predicted octanol–water partition coefficient (Wildman–Crippen LogP) is 2.45. The van der Waals surface area contributed by atoms with Gasteiger partial charge in [0.15, 0.2) is 0 Å². The molecule has 2 atom stereocenters. The molecule has 1 aliphatic carbocycles. The van der Waals surface area contributed by atoms with Crippen LogP contribution < -0.4 is 0 Å². The second-order valence-electron chi connectivity index (χ2n) is 2.23. The van der Waals surface area contributed by atoms with E-state index >= 15 is 0 Å². The maximum atomic E-state index is 4.52. The second-order valence-corrected chi connectivity index (χ2v) is 4.02. The molecule has 0 heterocycles. The molecule has 0 aliphatic heterocycles. The largest absolute Gasteiger partial charge is 0.228 e. The molecule has 1 fully saturated rings. The van der Waals surface area contributed by atoms with Crippen molar-refractivity contribution >= 4 is 40.0 Å². The third kappa shape index (κ3) is 1.99. The molecule has 0 aromatic heterocycles. The summed E-state index contributed by atoms with van der Waals surface area (Å²) in [5.41, 5.74) is 0. The Morgan fingerprint density at radius 2 is 2.33 bits per heavy atom. The minimum Gasteiger partial charge on any atom is -0.228 e. The Morgan fingerprint density at radius 3 is 2.78 bits per heavy atom. The molecule has 0 amide bonds. The standard InChI is InChI=1S/C6H8INS/c7-5-2-1-3-6(5)8-4-9/h5-6H,1-3H2/t5-,6-/m1/s1. The summed E-state index contributed by atoms with van der Waals surface area (Å²) in [6, 6.07) is 0.475. The second kappa shape index (κ2) is 3.64. The number of thiocarbonyl (C=S) groups is 1. The number of isothiocyanates is 1. The van der Waals surface area contributed by atoms with E-state index in [0.29, 0.717) is 9.97 Å². The average molecular weight is 253 g/mol. The van der Waals surface area contributed by atoms with Crippen molar-refractivity contribution in [3.8, 4) is 0 Å². The number of halogens is 1. The summed E-state index contributed by atoms with van der Waals surface area (Å²) in [5.74, 6) is 0. The van der Waals surface area contributed by atoms with Crippen LogP contribution in [0.1, 0.15) is 19.3 Å². The molecule has 9 heavy (non-hydrogen) atoms. The Balaban J connectivity index is 2.49. The van der Waals surface area contributed by atoms with Crippen molar-refractivity contribution < 1.29 is 0 Å². The third-order valence-electron chi connectivity index (χ3n) is 1.62. The Labute approximate surface area is 74.1 Å². The monoisotopic (exact) mass is 253 g/mol. The molecule has 1 aliphatic rings. The average Bonchev–Trinajstić information content (AvgIpc) is 2.18. The van der Waals surface area contributed by atoms with Crippen molar-refractivity contribution in [1.82, 2.24) is 0 Å². The third-order valence-corrected chi connectivity index (χ3v) is 3.17. The number of hydrogen-bond donors (Lipinski definition) is 0. The van der Waals surface area contributed by atoms with Crippen LogP contribution in [0.2, 0.25) is 0 Å². The molecule has 0 N–H and O–H groups in total. The van der Waals surface area contributed by atoms with Gasteiger partial charge in [0.05, 0.1) is 11.2 Å². The highest BCUT2D eigenvalue weighted by Crippen LogP contribution is 2.27. The fourth-order valence-electron chi connectivity index (χ4n) is 1.11. The van der Waals surface area contributed by atoms with Gasteiger partial charge in [-0.25, -0.2) is 4.99 Å². The quantitative estimate of drug-likeness (QED) is 0.302. The van der Waals surface area contributed by atoms with Crippen molar-refractivity contribution in [2.45, 2.75) is 29.2 Å². The number of nitrogens with zero attached hydrogens (tertiary/aromatic N) is 1. The minimum absolute atomic E-state index is 0.475. The van der Waals surface area contributed by atoms with E-state index in [4.69, 9.17) is 0 Å². The van der Waals surface area contributed by atoms with E-state index in [1.807, 2.05) is 0 Å². The first kappa shape index (κ1) is 7.63. The van der Waals surface area contributed by atoms with Crippen molar-refractivity contribution in [3.05, 3.63) is 0 Å². The maximum absolute atomic E-state index is 4.52. The fraction of sp³-hybridized carbons (Fsp3) is 0.833. The lowest BCUT2D eigenvalue weighted by atomic mass is 10.3. The number of rotatable bonds is 1. The lowest BCUT2D eigenvalue weighted by Gasteiger charge is -2.03. The van der Waals surface area contributed by atoms with Crippen LogP contribution in [-0.4, -0.2) is 15.1 Å². The number of aliphatic imine (C=N–C) groups is 1.